The summed E-state index contributed by atoms with van der Waals surface area (Å²) in [4.78, 5) is 41.4. The molecule has 0 bridgehead atoms. The summed E-state index contributed by atoms with van der Waals surface area (Å²) in [6, 6.07) is 11.9. The van der Waals surface area contributed by atoms with Gasteiger partial charge in [-0.25, -0.2) is 4.79 Å². The summed E-state index contributed by atoms with van der Waals surface area (Å²) in [5.74, 6) is -0.482. The van der Waals surface area contributed by atoms with Crippen molar-refractivity contribution < 1.29 is 14.4 Å². The number of amides is 4. The maximum Gasteiger partial charge on any atom is 0.323 e. The number of hydrogen-bond acceptors (Lipinski definition) is 4. The van der Waals surface area contributed by atoms with Crippen LogP contribution < -0.4 is 15.5 Å². The third-order valence-electron chi connectivity index (χ3n) is 5.76. The van der Waals surface area contributed by atoms with Gasteiger partial charge in [-0.2, -0.15) is 0 Å². The minimum Gasteiger partial charge on any atom is -0.378 e. The maximum atomic E-state index is 12.9. The second kappa shape index (κ2) is 8.18. The van der Waals surface area contributed by atoms with E-state index in [1.165, 1.54) is 4.90 Å². The number of carbonyl (C=O) groups excluding carboxylic acids is 3. The number of hydrogen-bond donors (Lipinski definition) is 2. The molecule has 2 N–H and O–H groups in total. The topological polar surface area (TPSA) is 81.8 Å². The smallest absolute Gasteiger partial charge is 0.323 e. The molecule has 0 unspecified atom stereocenters. The van der Waals surface area contributed by atoms with E-state index in [0.717, 1.165) is 37.8 Å². The zero-order chi connectivity index (χ0) is 21.3. The predicted molar refractivity (Wildman–Crippen MR) is 117 cm³/mol. The third kappa shape index (κ3) is 3.87. The molecule has 2 aromatic carbocycles. The number of anilines is 3. The fourth-order valence-electron chi connectivity index (χ4n) is 4.14. The van der Waals surface area contributed by atoms with E-state index in [-0.39, 0.29) is 17.9 Å². The Balaban J connectivity index is 1.45. The van der Waals surface area contributed by atoms with Crippen LogP contribution >= 0.6 is 0 Å². The molecule has 7 nitrogen and oxygen atoms in total. The molecule has 0 saturated heterocycles. The van der Waals surface area contributed by atoms with Crippen molar-refractivity contribution in [1.29, 1.82) is 0 Å². The summed E-state index contributed by atoms with van der Waals surface area (Å²) in [6.45, 7) is 0. The molecule has 4 amide bonds. The maximum absolute atomic E-state index is 12.9. The van der Waals surface area contributed by atoms with E-state index in [4.69, 9.17) is 0 Å². The summed E-state index contributed by atoms with van der Waals surface area (Å²) >= 11 is 0. The molecule has 1 aliphatic heterocycles. The van der Waals surface area contributed by atoms with Crippen LogP contribution in [0, 0.1) is 0 Å². The quantitative estimate of drug-likeness (QED) is 0.741. The van der Waals surface area contributed by atoms with E-state index in [2.05, 4.69) is 10.6 Å². The number of rotatable bonds is 4. The van der Waals surface area contributed by atoms with Crippen LogP contribution in [-0.4, -0.2) is 42.9 Å². The molecule has 0 radical (unpaired) electrons. The lowest BCUT2D eigenvalue weighted by Crippen LogP contribution is -2.40. The van der Waals surface area contributed by atoms with Crippen molar-refractivity contribution >= 4 is 34.9 Å². The van der Waals surface area contributed by atoms with Gasteiger partial charge in [0.25, 0.3) is 11.8 Å². The first-order chi connectivity index (χ1) is 14.4. The first kappa shape index (κ1) is 19.9. The van der Waals surface area contributed by atoms with Crippen LogP contribution in [0.1, 0.15) is 52.8 Å². The van der Waals surface area contributed by atoms with Gasteiger partial charge in [0.15, 0.2) is 0 Å². The first-order valence-electron chi connectivity index (χ1n) is 10.3. The van der Waals surface area contributed by atoms with Crippen molar-refractivity contribution in [1.82, 2.24) is 4.90 Å². The Morgan fingerprint density at radius 1 is 0.867 bits per heavy atom. The van der Waals surface area contributed by atoms with Gasteiger partial charge in [-0.3, -0.25) is 14.5 Å². The second-order valence-corrected chi connectivity index (χ2v) is 8.05. The minimum atomic E-state index is -0.409. The number of carbonyl (C=O) groups is 3. The number of imide groups is 1. The molecule has 0 atom stereocenters. The summed E-state index contributed by atoms with van der Waals surface area (Å²) in [6.07, 6.45) is 4.97. The van der Waals surface area contributed by atoms with Crippen molar-refractivity contribution in [2.75, 3.05) is 29.6 Å². The van der Waals surface area contributed by atoms with Gasteiger partial charge in [-0.05, 0) is 55.3 Å². The normalized spacial score (nSPS) is 16.4. The Labute approximate surface area is 176 Å². The highest BCUT2D eigenvalue weighted by atomic mass is 16.2. The van der Waals surface area contributed by atoms with Gasteiger partial charge in [0.2, 0.25) is 0 Å². The molecule has 156 valence electrons. The predicted octanol–water partition coefficient (Wildman–Crippen LogP) is 4.33. The van der Waals surface area contributed by atoms with Gasteiger partial charge in [0.05, 0.1) is 11.1 Å². The molecule has 0 spiro atoms. The molecular weight excluding hydrogens is 380 g/mol. The van der Waals surface area contributed by atoms with Crippen molar-refractivity contribution in [2.24, 2.45) is 0 Å². The van der Waals surface area contributed by atoms with Gasteiger partial charge < -0.3 is 15.5 Å². The molecule has 2 aromatic rings. The van der Waals surface area contributed by atoms with Crippen LogP contribution in [0.5, 0.6) is 0 Å². The Hall–Kier alpha value is -3.35. The SMILES string of the molecule is CN(C)c1ccc(NC(=O)Nc2ccc3c(c2)C(=O)N(C2CCCCC2)C3=O)cc1. The Kier molecular flexibility index (Phi) is 5.44. The fraction of sp³-hybridized carbons (Fsp3) is 0.348. The van der Waals surface area contributed by atoms with Crippen LogP contribution in [0.3, 0.4) is 0 Å². The summed E-state index contributed by atoms with van der Waals surface area (Å²) in [7, 11) is 3.90. The average molecular weight is 406 g/mol. The molecule has 0 aromatic heterocycles. The van der Waals surface area contributed by atoms with E-state index < -0.39 is 6.03 Å². The molecule has 30 heavy (non-hydrogen) atoms. The first-order valence-corrected chi connectivity index (χ1v) is 10.3. The van der Waals surface area contributed by atoms with E-state index in [0.29, 0.717) is 22.5 Å². The number of nitrogens with zero attached hydrogens (tertiary/aromatic N) is 2. The minimum absolute atomic E-state index is 0.0176. The number of urea groups is 1. The fourth-order valence-corrected chi connectivity index (χ4v) is 4.14. The Morgan fingerprint density at radius 3 is 2.13 bits per heavy atom. The molecule has 2 aliphatic rings. The van der Waals surface area contributed by atoms with Gasteiger partial charge in [0.1, 0.15) is 0 Å². The Morgan fingerprint density at radius 2 is 1.47 bits per heavy atom. The standard InChI is InChI=1S/C23H26N4O3/c1-26(2)17-11-8-15(9-12-17)24-23(30)25-16-10-13-19-20(14-16)22(29)27(21(19)28)18-6-4-3-5-7-18/h8-14,18H,3-7H2,1-2H3,(H2,24,25,30). The molecule has 7 heteroatoms. The summed E-state index contributed by atoms with van der Waals surface area (Å²) in [5, 5.41) is 5.52. The van der Waals surface area contributed by atoms with Gasteiger partial charge in [-0.1, -0.05) is 19.3 Å². The van der Waals surface area contributed by atoms with Crippen LogP contribution in [0.15, 0.2) is 42.5 Å². The summed E-state index contributed by atoms with van der Waals surface area (Å²) < 4.78 is 0. The van der Waals surface area contributed by atoms with Crippen molar-refractivity contribution in [3.8, 4) is 0 Å². The lowest BCUT2D eigenvalue weighted by molar-refractivity contribution is 0.0549. The third-order valence-corrected chi connectivity index (χ3v) is 5.76. The largest absolute Gasteiger partial charge is 0.378 e. The number of benzene rings is 2. The molecule has 1 heterocycles. The zero-order valence-corrected chi connectivity index (χ0v) is 17.3. The van der Waals surface area contributed by atoms with Crippen LogP contribution in [-0.2, 0) is 0 Å². The molecule has 4 rings (SSSR count). The van der Waals surface area contributed by atoms with Gasteiger partial charge in [0, 0.05) is 37.2 Å². The Bertz CT molecular complexity index is 978. The molecule has 1 saturated carbocycles. The van der Waals surface area contributed by atoms with Crippen molar-refractivity contribution in [2.45, 2.75) is 38.1 Å². The van der Waals surface area contributed by atoms with E-state index in [9.17, 15) is 14.4 Å². The monoisotopic (exact) mass is 406 g/mol. The van der Waals surface area contributed by atoms with Gasteiger partial charge in [-0.15, -0.1) is 0 Å². The van der Waals surface area contributed by atoms with Crippen molar-refractivity contribution in [3.05, 3.63) is 53.6 Å². The van der Waals surface area contributed by atoms with Crippen LogP contribution in [0.2, 0.25) is 0 Å². The number of nitrogens with one attached hydrogen (secondary N) is 2. The van der Waals surface area contributed by atoms with Crippen LogP contribution in [0.25, 0.3) is 0 Å². The lowest BCUT2D eigenvalue weighted by Gasteiger charge is -2.29. The molecule has 1 fully saturated rings. The highest BCUT2D eigenvalue weighted by Crippen LogP contribution is 2.32. The van der Waals surface area contributed by atoms with Crippen LogP contribution in [0.4, 0.5) is 21.9 Å². The van der Waals surface area contributed by atoms with E-state index >= 15 is 0 Å². The molecular formula is C23H26N4O3. The lowest BCUT2D eigenvalue weighted by atomic mass is 9.94. The van der Waals surface area contributed by atoms with E-state index in [1.54, 1.807) is 18.2 Å². The molecule has 1 aliphatic carbocycles. The second-order valence-electron chi connectivity index (χ2n) is 8.05. The highest BCUT2D eigenvalue weighted by Gasteiger charge is 2.40. The number of fused-ring (bicyclic) bond motifs is 1. The summed E-state index contributed by atoms with van der Waals surface area (Å²) in [5.41, 5.74) is 2.94. The van der Waals surface area contributed by atoms with E-state index in [1.807, 2.05) is 43.3 Å². The van der Waals surface area contributed by atoms with Gasteiger partial charge >= 0.3 is 6.03 Å². The average Bonchev–Trinajstić information content (AvgIpc) is 2.99. The van der Waals surface area contributed by atoms with Crippen molar-refractivity contribution in [3.63, 3.8) is 0 Å². The zero-order valence-electron chi connectivity index (χ0n) is 17.3. The highest BCUT2D eigenvalue weighted by molar-refractivity contribution is 6.22.